The number of esters is 2. The molecule has 0 amide bonds. The van der Waals surface area contributed by atoms with E-state index in [2.05, 4.69) is 19.1 Å². The lowest BCUT2D eigenvalue weighted by Crippen LogP contribution is -2.29. The van der Waals surface area contributed by atoms with Gasteiger partial charge in [0.15, 0.2) is 0 Å². The van der Waals surface area contributed by atoms with E-state index in [0.29, 0.717) is 13.0 Å². The first-order valence-corrected chi connectivity index (χ1v) is 12.5. The van der Waals surface area contributed by atoms with Gasteiger partial charge in [0, 0.05) is 13.0 Å². The maximum absolute atomic E-state index is 11.9. The molecule has 5 heteroatoms. The molecule has 31 heavy (non-hydrogen) atoms. The molecule has 2 unspecified atom stereocenters. The molecule has 182 valence electrons. The van der Waals surface area contributed by atoms with Gasteiger partial charge in [-0.1, -0.05) is 70.9 Å². The topological polar surface area (TPSA) is 55.8 Å². The van der Waals surface area contributed by atoms with E-state index in [1.807, 2.05) is 25.9 Å². The van der Waals surface area contributed by atoms with E-state index in [-0.39, 0.29) is 24.5 Å². The molecular formula is C26H49NO4. The Morgan fingerprint density at radius 2 is 1.39 bits per heavy atom. The molecule has 0 fully saturated rings. The molecule has 0 N–H and O–H groups in total. The van der Waals surface area contributed by atoms with Gasteiger partial charge in [-0.3, -0.25) is 9.59 Å². The summed E-state index contributed by atoms with van der Waals surface area (Å²) in [5.74, 6) is -0.644. The van der Waals surface area contributed by atoms with E-state index >= 15 is 0 Å². The van der Waals surface area contributed by atoms with Crippen molar-refractivity contribution in [1.29, 1.82) is 0 Å². The fraction of sp³-hybridized carbons (Fsp3) is 0.846. The summed E-state index contributed by atoms with van der Waals surface area (Å²) in [5, 5.41) is 0. The molecule has 0 heterocycles. The molecule has 5 nitrogen and oxygen atoms in total. The van der Waals surface area contributed by atoms with Crippen LogP contribution in [0.4, 0.5) is 0 Å². The average molecular weight is 440 g/mol. The molecular weight excluding hydrogens is 390 g/mol. The van der Waals surface area contributed by atoms with E-state index < -0.39 is 6.10 Å². The van der Waals surface area contributed by atoms with Crippen molar-refractivity contribution in [2.45, 2.75) is 110 Å². The van der Waals surface area contributed by atoms with Crippen molar-refractivity contribution >= 4 is 11.9 Å². The summed E-state index contributed by atoms with van der Waals surface area (Å²) in [7, 11) is 3.84. The first-order chi connectivity index (χ1) is 14.9. The molecule has 0 aliphatic rings. The highest BCUT2D eigenvalue weighted by atomic mass is 16.6. The third-order valence-electron chi connectivity index (χ3n) is 5.23. The number of hydrogen-bond donors (Lipinski definition) is 0. The van der Waals surface area contributed by atoms with Gasteiger partial charge in [-0.2, -0.15) is 0 Å². The van der Waals surface area contributed by atoms with E-state index in [9.17, 15) is 9.59 Å². The van der Waals surface area contributed by atoms with Crippen LogP contribution in [-0.2, 0) is 19.1 Å². The van der Waals surface area contributed by atoms with Gasteiger partial charge in [0.1, 0.15) is 12.7 Å². The first kappa shape index (κ1) is 29.6. The molecule has 0 radical (unpaired) electrons. The van der Waals surface area contributed by atoms with Crippen molar-refractivity contribution in [3.63, 3.8) is 0 Å². The van der Waals surface area contributed by atoms with Gasteiger partial charge in [0.2, 0.25) is 0 Å². The summed E-state index contributed by atoms with van der Waals surface area (Å²) in [6.45, 7) is 6.62. The van der Waals surface area contributed by atoms with Crippen LogP contribution in [0.1, 0.15) is 104 Å². The molecule has 0 saturated carbocycles. The lowest BCUT2D eigenvalue weighted by Gasteiger charge is -2.18. The Kier molecular flexibility index (Phi) is 19.6. The Hall–Kier alpha value is -1.36. The van der Waals surface area contributed by atoms with Crippen LogP contribution < -0.4 is 0 Å². The lowest BCUT2D eigenvalue weighted by molar-refractivity contribution is -0.160. The first-order valence-electron chi connectivity index (χ1n) is 12.5. The van der Waals surface area contributed by atoms with Crippen LogP contribution >= 0.6 is 0 Å². The number of nitrogens with zero attached hydrogens (tertiary/aromatic N) is 1. The van der Waals surface area contributed by atoms with Crippen LogP contribution in [0.5, 0.6) is 0 Å². The average Bonchev–Trinajstić information content (AvgIpc) is 2.71. The van der Waals surface area contributed by atoms with Crippen LogP contribution in [0.25, 0.3) is 0 Å². The Balaban J connectivity index is 3.56. The van der Waals surface area contributed by atoms with E-state index in [1.54, 1.807) is 6.92 Å². The van der Waals surface area contributed by atoms with Gasteiger partial charge in [-0.15, -0.1) is 0 Å². The number of hydrogen-bond acceptors (Lipinski definition) is 5. The number of rotatable bonds is 20. The standard InChI is InChI=1S/C26H49NO4/c1-6-7-8-9-10-11-12-13-14-15-16-17-18-19-20-25(28)31-24(3)22-30-26(29)23(2)21-27(4)5/h12-13,23-24H,6-11,14-22H2,1-5H3/b13-12+. The smallest absolute Gasteiger partial charge is 0.310 e. The zero-order valence-corrected chi connectivity index (χ0v) is 21.0. The van der Waals surface area contributed by atoms with Gasteiger partial charge < -0.3 is 14.4 Å². The van der Waals surface area contributed by atoms with Gasteiger partial charge in [0.25, 0.3) is 0 Å². The maximum atomic E-state index is 11.9. The minimum Gasteiger partial charge on any atom is -0.462 e. The highest BCUT2D eigenvalue weighted by Crippen LogP contribution is 2.10. The number of carbonyl (C=O) groups is 2. The Morgan fingerprint density at radius 3 is 1.97 bits per heavy atom. The second-order valence-electron chi connectivity index (χ2n) is 9.07. The predicted octanol–water partition coefficient (Wildman–Crippen LogP) is 6.31. The van der Waals surface area contributed by atoms with Crippen molar-refractivity contribution in [2.24, 2.45) is 5.92 Å². The number of unbranched alkanes of at least 4 members (excludes halogenated alkanes) is 10. The van der Waals surface area contributed by atoms with E-state index in [1.165, 1.54) is 57.8 Å². The predicted molar refractivity (Wildman–Crippen MR) is 129 cm³/mol. The van der Waals surface area contributed by atoms with Crippen molar-refractivity contribution < 1.29 is 19.1 Å². The minimum absolute atomic E-state index is 0.120. The second-order valence-corrected chi connectivity index (χ2v) is 9.07. The number of allylic oxidation sites excluding steroid dienone is 2. The molecule has 0 bridgehead atoms. The molecule has 0 aromatic carbocycles. The third-order valence-corrected chi connectivity index (χ3v) is 5.23. The highest BCUT2D eigenvalue weighted by molar-refractivity contribution is 5.72. The molecule has 0 aromatic rings. The Labute approximate surface area is 191 Å². The summed E-state index contributed by atoms with van der Waals surface area (Å²) in [6.07, 6.45) is 19.3. The summed E-state index contributed by atoms with van der Waals surface area (Å²) in [4.78, 5) is 25.8. The van der Waals surface area contributed by atoms with Gasteiger partial charge >= 0.3 is 11.9 Å². The van der Waals surface area contributed by atoms with Gasteiger partial charge in [0.05, 0.1) is 5.92 Å². The summed E-state index contributed by atoms with van der Waals surface area (Å²) >= 11 is 0. The molecule has 0 saturated heterocycles. The second kappa shape index (κ2) is 20.5. The zero-order valence-electron chi connectivity index (χ0n) is 21.0. The van der Waals surface area contributed by atoms with Crippen LogP contribution in [0, 0.1) is 5.92 Å². The fourth-order valence-electron chi connectivity index (χ4n) is 3.44. The normalized spacial score (nSPS) is 13.5. The largest absolute Gasteiger partial charge is 0.462 e. The van der Waals surface area contributed by atoms with Crippen molar-refractivity contribution in [3.8, 4) is 0 Å². The Bertz CT molecular complexity index is 476. The van der Waals surface area contributed by atoms with E-state index in [0.717, 1.165) is 19.3 Å². The maximum Gasteiger partial charge on any atom is 0.310 e. The minimum atomic E-state index is -0.401. The SMILES string of the molecule is CCCCCCC/C=C/CCCCCCCC(=O)OC(C)COC(=O)C(C)CN(C)C. The number of ether oxygens (including phenoxy) is 2. The fourth-order valence-corrected chi connectivity index (χ4v) is 3.44. The Morgan fingerprint density at radius 1 is 0.839 bits per heavy atom. The highest BCUT2D eigenvalue weighted by Gasteiger charge is 2.17. The van der Waals surface area contributed by atoms with Gasteiger partial charge in [-0.05, 0) is 53.1 Å². The number of carbonyl (C=O) groups excluding carboxylic acids is 2. The quantitative estimate of drug-likeness (QED) is 0.126. The van der Waals surface area contributed by atoms with Crippen LogP contribution in [0.3, 0.4) is 0 Å². The molecule has 0 aliphatic heterocycles. The summed E-state index contributed by atoms with van der Waals surface area (Å²) in [5.41, 5.74) is 0. The molecule has 0 spiro atoms. The van der Waals surface area contributed by atoms with Crippen LogP contribution in [0.15, 0.2) is 12.2 Å². The van der Waals surface area contributed by atoms with Gasteiger partial charge in [-0.25, -0.2) is 0 Å². The summed E-state index contributed by atoms with van der Waals surface area (Å²) < 4.78 is 10.6. The van der Waals surface area contributed by atoms with Crippen molar-refractivity contribution in [2.75, 3.05) is 27.2 Å². The van der Waals surface area contributed by atoms with Crippen LogP contribution in [-0.4, -0.2) is 50.2 Å². The van der Waals surface area contributed by atoms with Crippen molar-refractivity contribution in [1.82, 2.24) is 4.90 Å². The summed E-state index contributed by atoms with van der Waals surface area (Å²) in [6, 6.07) is 0. The van der Waals surface area contributed by atoms with Crippen LogP contribution in [0.2, 0.25) is 0 Å². The third kappa shape index (κ3) is 20.3. The lowest BCUT2D eigenvalue weighted by atomic mass is 10.1. The molecule has 2 atom stereocenters. The molecule has 0 aliphatic carbocycles. The zero-order chi connectivity index (χ0) is 23.3. The monoisotopic (exact) mass is 439 g/mol. The van der Waals surface area contributed by atoms with Crippen molar-refractivity contribution in [3.05, 3.63) is 12.2 Å². The van der Waals surface area contributed by atoms with E-state index in [4.69, 9.17) is 9.47 Å². The molecule has 0 aromatic heterocycles. The molecule has 0 rings (SSSR count).